The third kappa shape index (κ3) is 3.63. The fourth-order valence-corrected chi connectivity index (χ4v) is 4.50. The number of amides is 1. The van der Waals surface area contributed by atoms with Gasteiger partial charge in [0.25, 0.3) is 11.6 Å². The second-order valence-electron chi connectivity index (χ2n) is 6.31. The minimum atomic E-state index is -0.413. The highest BCUT2D eigenvalue weighted by Crippen LogP contribution is 2.32. The topological polar surface area (TPSA) is 79.6 Å². The number of nitro groups is 1. The van der Waals surface area contributed by atoms with Gasteiger partial charge in [0.05, 0.1) is 25.7 Å². The predicted octanol–water partition coefficient (Wildman–Crippen LogP) is 4.47. The molecule has 0 aliphatic carbocycles. The van der Waals surface area contributed by atoms with Crippen molar-refractivity contribution in [2.45, 2.75) is 0 Å². The first-order chi connectivity index (χ1) is 13.4. The van der Waals surface area contributed by atoms with Gasteiger partial charge in [-0.05, 0) is 24.3 Å². The number of fused-ring (bicyclic) bond motifs is 1. The molecule has 7 nitrogen and oxygen atoms in total. The van der Waals surface area contributed by atoms with E-state index in [0.29, 0.717) is 41.8 Å². The number of non-ortho nitro benzene ring substituents is 1. The van der Waals surface area contributed by atoms with Gasteiger partial charge in [0, 0.05) is 43.3 Å². The lowest BCUT2D eigenvalue weighted by molar-refractivity contribution is -0.384. The van der Waals surface area contributed by atoms with Crippen LogP contribution in [0.3, 0.4) is 0 Å². The molecule has 144 valence electrons. The van der Waals surface area contributed by atoms with Gasteiger partial charge in [-0.3, -0.25) is 14.9 Å². The highest BCUT2D eigenvalue weighted by atomic mass is 35.5. The molecule has 0 spiro atoms. The smallest absolute Gasteiger partial charge is 0.270 e. The summed E-state index contributed by atoms with van der Waals surface area (Å²) in [4.78, 5) is 31.7. The van der Waals surface area contributed by atoms with Crippen LogP contribution in [0.15, 0.2) is 36.4 Å². The number of thiazole rings is 1. The SMILES string of the molecule is O=C(c1cc(Cl)ccc1Cl)N1CCN(c2nc3ccc([N+](=O)[O-])cc3s2)CC1. The van der Waals surface area contributed by atoms with Crippen LogP contribution in [0, 0.1) is 10.1 Å². The summed E-state index contributed by atoms with van der Waals surface area (Å²) in [6.45, 7) is 2.28. The standard InChI is InChI=1S/C18H14Cl2N4O3S/c19-11-1-3-14(20)13(9-11)17(25)22-5-7-23(8-6-22)18-21-15-4-2-12(24(26)27)10-16(15)28-18/h1-4,9-10H,5-8H2. The summed E-state index contributed by atoms with van der Waals surface area (Å²) >= 11 is 13.5. The summed E-state index contributed by atoms with van der Waals surface area (Å²) in [6.07, 6.45) is 0. The number of nitro benzene ring substituents is 1. The first kappa shape index (κ1) is 18.9. The van der Waals surface area contributed by atoms with E-state index in [1.807, 2.05) is 0 Å². The van der Waals surface area contributed by atoms with Crippen molar-refractivity contribution in [1.82, 2.24) is 9.88 Å². The van der Waals surface area contributed by atoms with Gasteiger partial charge in [-0.2, -0.15) is 0 Å². The number of nitrogens with zero attached hydrogens (tertiary/aromatic N) is 4. The minimum absolute atomic E-state index is 0.0523. The maximum atomic E-state index is 12.7. The van der Waals surface area contributed by atoms with Gasteiger partial charge in [0.15, 0.2) is 5.13 Å². The van der Waals surface area contributed by atoms with Crippen molar-refractivity contribution in [3.8, 4) is 0 Å². The number of halogens is 2. The molecule has 10 heteroatoms. The van der Waals surface area contributed by atoms with Gasteiger partial charge < -0.3 is 9.80 Å². The molecule has 4 rings (SSSR count). The molecule has 0 bridgehead atoms. The second kappa shape index (κ2) is 7.54. The minimum Gasteiger partial charge on any atom is -0.345 e. The Morgan fingerprint density at radius 3 is 2.57 bits per heavy atom. The maximum absolute atomic E-state index is 12.7. The number of hydrogen-bond donors (Lipinski definition) is 0. The summed E-state index contributed by atoms with van der Waals surface area (Å²) in [5.41, 5.74) is 1.18. The Morgan fingerprint density at radius 2 is 1.86 bits per heavy atom. The van der Waals surface area contributed by atoms with Crippen LogP contribution in [0.4, 0.5) is 10.8 Å². The molecule has 0 saturated carbocycles. The quantitative estimate of drug-likeness (QED) is 0.446. The van der Waals surface area contributed by atoms with E-state index in [4.69, 9.17) is 23.2 Å². The molecule has 0 N–H and O–H groups in total. The van der Waals surface area contributed by atoms with Crippen LogP contribution < -0.4 is 4.90 Å². The van der Waals surface area contributed by atoms with E-state index in [9.17, 15) is 14.9 Å². The van der Waals surface area contributed by atoms with Crippen LogP contribution in [0.1, 0.15) is 10.4 Å². The van der Waals surface area contributed by atoms with E-state index >= 15 is 0 Å². The van der Waals surface area contributed by atoms with Crippen molar-refractivity contribution in [3.63, 3.8) is 0 Å². The summed E-state index contributed by atoms with van der Waals surface area (Å²) < 4.78 is 0.772. The van der Waals surface area contributed by atoms with E-state index in [2.05, 4.69) is 9.88 Å². The number of carbonyl (C=O) groups is 1. The van der Waals surface area contributed by atoms with Gasteiger partial charge in [-0.1, -0.05) is 34.5 Å². The van der Waals surface area contributed by atoms with Crippen LogP contribution in [0.2, 0.25) is 10.0 Å². The lowest BCUT2D eigenvalue weighted by atomic mass is 10.2. The largest absolute Gasteiger partial charge is 0.345 e. The van der Waals surface area contributed by atoms with Gasteiger partial charge >= 0.3 is 0 Å². The third-order valence-corrected chi connectivity index (χ3v) is 6.21. The Balaban J connectivity index is 1.48. The highest BCUT2D eigenvalue weighted by Gasteiger charge is 2.25. The second-order valence-corrected chi connectivity index (χ2v) is 8.16. The number of rotatable bonds is 3. The van der Waals surface area contributed by atoms with E-state index in [0.717, 1.165) is 15.3 Å². The van der Waals surface area contributed by atoms with E-state index in [-0.39, 0.29) is 11.6 Å². The zero-order valence-electron chi connectivity index (χ0n) is 14.5. The van der Waals surface area contributed by atoms with Crippen molar-refractivity contribution >= 4 is 61.5 Å². The molecule has 0 radical (unpaired) electrons. The van der Waals surface area contributed by atoms with Crippen LogP contribution in [0.25, 0.3) is 10.2 Å². The molecule has 2 heterocycles. The number of hydrogen-bond acceptors (Lipinski definition) is 6. The average Bonchev–Trinajstić information content (AvgIpc) is 3.12. The van der Waals surface area contributed by atoms with Crippen molar-refractivity contribution < 1.29 is 9.72 Å². The molecule has 1 aromatic heterocycles. The summed E-state index contributed by atoms with van der Waals surface area (Å²) in [5, 5.41) is 12.6. The molecular weight excluding hydrogens is 423 g/mol. The number of carbonyl (C=O) groups excluding carboxylic acids is 1. The monoisotopic (exact) mass is 436 g/mol. The van der Waals surface area contributed by atoms with Crippen molar-refractivity contribution in [2.75, 3.05) is 31.1 Å². The fourth-order valence-electron chi connectivity index (χ4n) is 3.08. The number of anilines is 1. The van der Waals surface area contributed by atoms with E-state index in [1.165, 1.54) is 23.5 Å². The fraction of sp³-hybridized carbons (Fsp3) is 0.222. The maximum Gasteiger partial charge on any atom is 0.270 e. The first-order valence-electron chi connectivity index (χ1n) is 8.46. The first-order valence-corrected chi connectivity index (χ1v) is 10.0. The molecule has 1 amide bonds. The van der Waals surface area contributed by atoms with Crippen molar-refractivity contribution in [3.05, 3.63) is 62.1 Å². The van der Waals surface area contributed by atoms with Gasteiger partial charge in [0.1, 0.15) is 0 Å². The van der Waals surface area contributed by atoms with Crippen LogP contribution >= 0.6 is 34.5 Å². The van der Waals surface area contributed by atoms with Crippen LogP contribution in [0.5, 0.6) is 0 Å². The van der Waals surface area contributed by atoms with Gasteiger partial charge in [0.2, 0.25) is 0 Å². The Labute approximate surface area is 174 Å². The zero-order chi connectivity index (χ0) is 19.8. The molecule has 1 fully saturated rings. The third-order valence-electron chi connectivity index (χ3n) is 4.57. The van der Waals surface area contributed by atoms with Crippen molar-refractivity contribution in [2.24, 2.45) is 0 Å². The molecule has 0 unspecified atom stereocenters. The van der Waals surface area contributed by atoms with E-state index < -0.39 is 4.92 Å². The summed E-state index contributed by atoms with van der Waals surface area (Å²) in [7, 11) is 0. The molecule has 28 heavy (non-hydrogen) atoms. The lowest BCUT2D eigenvalue weighted by Gasteiger charge is -2.34. The van der Waals surface area contributed by atoms with Crippen molar-refractivity contribution in [1.29, 1.82) is 0 Å². The van der Waals surface area contributed by atoms with Crippen LogP contribution in [-0.2, 0) is 0 Å². The van der Waals surface area contributed by atoms with E-state index in [1.54, 1.807) is 29.2 Å². The predicted molar refractivity (Wildman–Crippen MR) is 111 cm³/mol. The normalized spacial score (nSPS) is 14.5. The van der Waals surface area contributed by atoms with Gasteiger partial charge in [-0.25, -0.2) is 4.98 Å². The van der Waals surface area contributed by atoms with Gasteiger partial charge in [-0.15, -0.1) is 0 Å². The summed E-state index contributed by atoms with van der Waals surface area (Å²) in [5.74, 6) is -0.146. The number of piperazine rings is 1. The molecule has 1 aliphatic heterocycles. The Bertz CT molecular complexity index is 1080. The molecule has 2 aromatic carbocycles. The lowest BCUT2D eigenvalue weighted by Crippen LogP contribution is -2.48. The molecule has 0 atom stereocenters. The highest BCUT2D eigenvalue weighted by molar-refractivity contribution is 7.22. The Hall–Kier alpha value is -2.42. The Kier molecular flexibility index (Phi) is 5.09. The number of benzene rings is 2. The molecule has 1 saturated heterocycles. The molecule has 1 aliphatic rings. The Morgan fingerprint density at radius 1 is 1.11 bits per heavy atom. The zero-order valence-corrected chi connectivity index (χ0v) is 16.8. The summed E-state index contributed by atoms with van der Waals surface area (Å²) in [6, 6.07) is 9.51. The average molecular weight is 437 g/mol. The number of aromatic nitrogens is 1. The van der Waals surface area contributed by atoms with Crippen LogP contribution in [-0.4, -0.2) is 46.9 Å². The molecular formula is C18H14Cl2N4O3S. The molecule has 3 aromatic rings.